The molecule has 0 radical (unpaired) electrons. The van der Waals surface area contributed by atoms with Crippen LogP contribution in [0.25, 0.3) is 6.08 Å². The molecule has 2 aromatic heterocycles. The highest BCUT2D eigenvalue weighted by molar-refractivity contribution is 7.14. The Bertz CT molecular complexity index is 585. The maximum Gasteiger partial charge on any atom is 0.250 e. The first-order valence-corrected chi connectivity index (χ1v) is 6.90. The molecule has 0 aliphatic rings. The van der Waals surface area contributed by atoms with E-state index in [9.17, 15) is 9.59 Å². The van der Waals surface area contributed by atoms with Gasteiger partial charge in [-0.3, -0.25) is 14.9 Å². The minimum Gasteiger partial charge on any atom is -0.298 e. The molecule has 2 rings (SSSR count). The minimum absolute atomic E-state index is 0.110. The third-order valence-corrected chi connectivity index (χ3v) is 3.63. The summed E-state index contributed by atoms with van der Waals surface area (Å²) in [6, 6.07) is 3.84. The number of ketones is 1. The quantitative estimate of drug-likeness (QED) is 0.690. The van der Waals surface area contributed by atoms with E-state index in [2.05, 4.69) is 10.3 Å². The second-order valence-electron chi connectivity index (χ2n) is 3.43. The second-order valence-corrected chi connectivity index (χ2v) is 5.27. The fourth-order valence-electron chi connectivity index (χ4n) is 1.18. The van der Waals surface area contributed by atoms with Gasteiger partial charge in [0.25, 0.3) is 0 Å². The number of thiophene rings is 1. The highest BCUT2D eigenvalue weighted by Crippen LogP contribution is 2.16. The number of thiazole rings is 1. The molecule has 0 saturated carbocycles. The van der Waals surface area contributed by atoms with E-state index in [1.54, 1.807) is 22.8 Å². The van der Waals surface area contributed by atoms with Crippen molar-refractivity contribution in [3.63, 3.8) is 0 Å². The van der Waals surface area contributed by atoms with Gasteiger partial charge in [-0.1, -0.05) is 6.07 Å². The molecule has 0 aliphatic heterocycles. The number of hydrogen-bond donors (Lipinski definition) is 1. The number of carbonyl (C=O) groups excluding carboxylic acids is 2. The summed E-state index contributed by atoms with van der Waals surface area (Å²) in [6.45, 7) is 1.44. The molecule has 1 amide bonds. The molecule has 18 heavy (non-hydrogen) atoms. The van der Waals surface area contributed by atoms with Crippen molar-refractivity contribution in [3.05, 3.63) is 39.5 Å². The minimum atomic E-state index is -0.257. The van der Waals surface area contributed by atoms with Gasteiger partial charge >= 0.3 is 0 Å². The number of aromatic nitrogens is 1. The van der Waals surface area contributed by atoms with E-state index in [0.29, 0.717) is 10.8 Å². The zero-order chi connectivity index (χ0) is 13.0. The first-order valence-electron chi connectivity index (χ1n) is 5.14. The number of anilines is 1. The van der Waals surface area contributed by atoms with Gasteiger partial charge in [0.05, 0.1) is 0 Å². The van der Waals surface area contributed by atoms with Crippen molar-refractivity contribution in [2.24, 2.45) is 0 Å². The topological polar surface area (TPSA) is 59.1 Å². The van der Waals surface area contributed by atoms with E-state index >= 15 is 0 Å². The average Bonchev–Trinajstić information content (AvgIpc) is 2.96. The highest BCUT2D eigenvalue weighted by Gasteiger charge is 2.07. The Balaban J connectivity index is 1.96. The van der Waals surface area contributed by atoms with E-state index < -0.39 is 0 Å². The van der Waals surface area contributed by atoms with Gasteiger partial charge < -0.3 is 0 Å². The fourth-order valence-corrected chi connectivity index (χ4v) is 2.55. The molecule has 0 spiro atoms. The number of carbonyl (C=O) groups is 2. The van der Waals surface area contributed by atoms with Gasteiger partial charge in [0.1, 0.15) is 5.69 Å². The van der Waals surface area contributed by atoms with Crippen molar-refractivity contribution in [1.29, 1.82) is 0 Å². The van der Waals surface area contributed by atoms with Crippen molar-refractivity contribution >= 4 is 45.6 Å². The lowest BCUT2D eigenvalue weighted by Crippen LogP contribution is -2.07. The summed E-state index contributed by atoms with van der Waals surface area (Å²) in [5, 5.41) is 6.61. The van der Waals surface area contributed by atoms with Crippen LogP contribution in [0.1, 0.15) is 22.3 Å². The third-order valence-electron chi connectivity index (χ3n) is 2.04. The van der Waals surface area contributed by atoms with Crippen LogP contribution in [0.5, 0.6) is 0 Å². The van der Waals surface area contributed by atoms with Gasteiger partial charge in [-0.25, -0.2) is 4.98 Å². The van der Waals surface area contributed by atoms with Crippen LogP contribution in [0.4, 0.5) is 5.13 Å². The third kappa shape index (κ3) is 3.35. The van der Waals surface area contributed by atoms with Crippen molar-refractivity contribution < 1.29 is 9.59 Å². The summed E-state index contributed by atoms with van der Waals surface area (Å²) < 4.78 is 0. The molecule has 92 valence electrons. The van der Waals surface area contributed by atoms with Crippen LogP contribution < -0.4 is 5.32 Å². The zero-order valence-corrected chi connectivity index (χ0v) is 11.2. The predicted molar refractivity (Wildman–Crippen MR) is 74.1 cm³/mol. The molecule has 0 bridgehead atoms. The number of hydrogen-bond acceptors (Lipinski definition) is 5. The van der Waals surface area contributed by atoms with E-state index in [4.69, 9.17) is 0 Å². The molecule has 0 saturated heterocycles. The molecule has 0 fully saturated rings. The maximum atomic E-state index is 11.6. The first kappa shape index (κ1) is 12.7. The van der Waals surface area contributed by atoms with E-state index in [1.807, 2.05) is 17.5 Å². The Kier molecular flexibility index (Phi) is 4.01. The predicted octanol–water partition coefficient (Wildman–Crippen LogP) is 3.06. The second kappa shape index (κ2) is 5.70. The number of amides is 1. The molecule has 2 heterocycles. The molecular weight excluding hydrogens is 268 g/mol. The Morgan fingerprint density at radius 2 is 2.22 bits per heavy atom. The first-order chi connectivity index (χ1) is 8.65. The molecule has 4 nitrogen and oxygen atoms in total. The van der Waals surface area contributed by atoms with E-state index in [1.165, 1.54) is 24.3 Å². The molecule has 0 unspecified atom stereocenters. The summed E-state index contributed by atoms with van der Waals surface area (Å²) in [6.07, 6.45) is 3.18. The Morgan fingerprint density at radius 1 is 1.39 bits per heavy atom. The van der Waals surface area contributed by atoms with Gasteiger partial charge in [-0.15, -0.1) is 22.7 Å². The molecule has 0 aromatic carbocycles. The average molecular weight is 278 g/mol. The zero-order valence-electron chi connectivity index (χ0n) is 9.54. The summed E-state index contributed by atoms with van der Waals surface area (Å²) in [5.74, 6) is -0.367. The molecule has 0 aliphatic carbocycles. The Labute approximate surface area is 112 Å². The summed E-state index contributed by atoms with van der Waals surface area (Å²) in [4.78, 5) is 27.6. The lowest BCUT2D eigenvalue weighted by Gasteiger charge is -1.94. The van der Waals surface area contributed by atoms with Gasteiger partial charge in [-0.2, -0.15) is 0 Å². The Hall–Kier alpha value is -1.79. The van der Waals surface area contributed by atoms with Gasteiger partial charge in [0, 0.05) is 23.3 Å². The van der Waals surface area contributed by atoms with Crippen molar-refractivity contribution in [3.8, 4) is 0 Å². The van der Waals surface area contributed by atoms with Crippen molar-refractivity contribution in [1.82, 2.24) is 4.98 Å². The van der Waals surface area contributed by atoms with E-state index in [0.717, 1.165) is 4.88 Å². The SMILES string of the molecule is CC(=O)c1csc(NC(=O)/C=C/c2cccs2)n1. The lowest BCUT2D eigenvalue weighted by molar-refractivity contribution is -0.111. The number of nitrogens with zero attached hydrogens (tertiary/aromatic N) is 1. The number of Topliss-reactive ketones (excluding diaryl/α,β-unsaturated/α-hetero) is 1. The number of nitrogens with one attached hydrogen (secondary N) is 1. The van der Waals surface area contributed by atoms with Crippen LogP contribution in [0.15, 0.2) is 29.0 Å². The van der Waals surface area contributed by atoms with Gasteiger partial charge in [-0.05, 0) is 17.5 Å². The molecule has 6 heteroatoms. The molecule has 1 N–H and O–H groups in total. The van der Waals surface area contributed by atoms with Crippen LogP contribution in [-0.4, -0.2) is 16.7 Å². The summed E-state index contributed by atoms with van der Waals surface area (Å²) in [7, 11) is 0. The molecule has 0 atom stereocenters. The van der Waals surface area contributed by atoms with Crippen molar-refractivity contribution in [2.45, 2.75) is 6.92 Å². The standard InChI is InChI=1S/C12H10N2O2S2/c1-8(15)10-7-18-12(13-10)14-11(16)5-4-9-3-2-6-17-9/h2-7H,1H3,(H,13,14,16)/b5-4+. The van der Waals surface area contributed by atoms with Gasteiger partial charge in [0.2, 0.25) is 5.91 Å². The van der Waals surface area contributed by atoms with E-state index in [-0.39, 0.29) is 11.7 Å². The molecular formula is C12H10N2O2S2. The van der Waals surface area contributed by atoms with Crippen LogP contribution in [0.3, 0.4) is 0 Å². The van der Waals surface area contributed by atoms with Crippen LogP contribution in [0.2, 0.25) is 0 Å². The maximum absolute atomic E-state index is 11.6. The Morgan fingerprint density at radius 3 is 2.83 bits per heavy atom. The fraction of sp³-hybridized carbons (Fsp3) is 0.0833. The smallest absolute Gasteiger partial charge is 0.250 e. The lowest BCUT2D eigenvalue weighted by atomic mass is 10.4. The monoisotopic (exact) mass is 278 g/mol. The molecule has 2 aromatic rings. The summed E-state index contributed by atoms with van der Waals surface area (Å²) >= 11 is 2.79. The van der Waals surface area contributed by atoms with Crippen LogP contribution in [-0.2, 0) is 4.79 Å². The summed E-state index contributed by atoms with van der Waals surface area (Å²) in [5.41, 5.74) is 0.373. The highest BCUT2D eigenvalue weighted by atomic mass is 32.1. The van der Waals surface area contributed by atoms with Crippen LogP contribution in [0, 0.1) is 0 Å². The largest absolute Gasteiger partial charge is 0.298 e. The number of rotatable bonds is 4. The van der Waals surface area contributed by atoms with Crippen LogP contribution >= 0.6 is 22.7 Å². The normalized spacial score (nSPS) is 10.7. The van der Waals surface area contributed by atoms with Crippen molar-refractivity contribution in [2.75, 3.05) is 5.32 Å². The van der Waals surface area contributed by atoms with Gasteiger partial charge in [0.15, 0.2) is 10.9 Å².